The van der Waals surface area contributed by atoms with Crippen molar-refractivity contribution >= 4 is 0 Å². The van der Waals surface area contributed by atoms with E-state index >= 15 is 0 Å². The normalized spacial score (nSPS) is 14.8. The van der Waals surface area contributed by atoms with Gasteiger partial charge in [0, 0.05) is 0 Å². The van der Waals surface area contributed by atoms with E-state index in [-0.39, 0.29) is 28.7 Å². The molecule has 0 spiro atoms. The monoisotopic (exact) mass is 456 g/mol. The summed E-state index contributed by atoms with van der Waals surface area (Å²) in [6.45, 7) is 0. The van der Waals surface area contributed by atoms with Gasteiger partial charge < -0.3 is 29.5 Å². The number of aromatic hydroxyl groups is 1. The molecule has 9 heteroatoms. The van der Waals surface area contributed by atoms with Crippen LogP contribution in [0.3, 0.4) is 0 Å². The summed E-state index contributed by atoms with van der Waals surface area (Å²) in [5.41, 5.74) is 8.82. The maximum atomic E-state index is 10.4. The molecule has 0 fully saturated rings. The maximum Gasteiger partial charge on any atom is 0.229 e. The van der Waals surface area contributed by atoms with Crippen molar-refractivity contribution in [1.29, 1.82) is 5.26 Å². The lowest BCUT2D eigenvalue weighted by Gasteiger charge is -2.25. The van der Waals surface area contributed by atoms with Gasteiger partial charge in [0.15, 0.2) is 17.3 Å². The van der Waals surface area contributed by atoms with Crippen LogP contribution >= 0.6 is 0 Å². The van der Waals surface area contributed by atoms with Crippen LogP contribution in [0.15, 0.2) is 76.7 Å². The molecule has 2 aromatic heterocycles. The smallest absolute Gasteiger partial charge is 0.229 e. The predicted molar refractivity (Wildman–Crippen MR) is 122 cm³/mol. The van der Waals surface area contributed by atoms with Crippen molar-refractivity contribution in [2.24, 2.45) is 5.73 Å². The van der Waals surface area contributed by atoms with E-state index in [0.717, 1.165) is 5.69 Å². The molecule has 0 unspecified atom stereocenters. The highest BCUT2D eigenvalue weighted by Crippen LogP contribution is 2.50. The highest BCUT2D eigenvalue weighted by molar-refractivity contribution is 5.70. The topological polar surface area (TPSA) is 129 Å². The van der Waals surface area contributed by atoms with Gasteiger partial charge in [-0.2, -0.15) is 15.0 Å². The van der Waals surface area contributed by atoms with Crippen molar-refractivity contribution in [2.45, 2.75) is 5.92 Å². The molecular weight excluding hydrogens is 436 g/mol. The Morgan fingerprint density at radius 2 is 1.79 bits per heavy atom. The van der Waals surface area contributed by atoms with Gasteiger partial charge in [-0.3, -0.25) is 0 Å². The zero-order chi connectivity index (χ0) is 23.8. The molecule has 3 N–H and O–H groups in total. The van der Waals surface area contributed by atoms with Crippen molar-refractivity contribution in [1.82, 2.24) is 9.78 Å². The summed E-state index contributed by atoms with van der Waals surface area (Å²) in [7, 11) is 2.87. The average molecular weight is 456 g/mol. The standard InChI is InChI=1S/C25H20N4O5/c1-31-18-11-14(12-19(32-2)23(18)30)20-16(13-26)24(27)34-25-21(20)22(17-9-6-10-33-17)28-29(25)15-7-4-3-5-8-15/h3-12,20,30H,27H2,1-2H3/t20-/m1/s1. The third kappa shape index (κ3) is 3.20. The van der Waals surface area contributed by atoms with E-state index in [4.69, 9.17) is 29.5 Å². The first-order valence-electron chi connectivity index (χ1n) is 10.3. The number of rotatable bonds is 5. The van der Waals surface area contributed by atoms with Gasteiger partial charge in [0.05, 0.1) is 37.7 Å². The number of furan rings is 1. The van der Waals surface area contributed by atoms with E-state index in [2.05, 4.69) is 6.07 Å². The Hall–Kier alpha value is -4.84. The number of methoxy groups -OCH3 is 2. The second kappa shape index (κ2) is 8.26. The van der Waals surface area contributed by atoms with E-state index in [9.17, 15) is 10.4 Å². The number of hydrogen-bond acceptors (Lipinski definition) is 8. The molecule has 0 radical (unpaired) electrons. The lowest BCUT2D eigenvalue weighted by molar-refractivity contribution is 0.338. The molecule has 1 aliphatic rings. The molecule has 2 aromatic carbocycles. The minimum atomic E-state index is -0.699. The second-order valence-corrected chi connectivity index (χ2v) is 7.49. The number of para-hydroxylation sites is 1. The molecule has 0 aliphatic carbocycles. The SMILES string of the molecule is COc1cc([C@@H]2C(C#N)=C(N)Oc3c2c(-c2ccco2)nn3-c2ccccc2)cc(OC)c1O. The highest BCUT2D eigenvalue weighted by atomic mass is 16.5. The van der Waals surface area contributed by atoms with Gasteiger partial charge in [0.2, 0.25) is 17.5 Å². The number of allylic oxidation sites excluding steroid dienone is 1. The molecule has 0 saturated carbocycles. The second-order valence-electron chi connectivity index (χ2n) is 7.49. The Kier molecular flexibility index (Phi) is 5.11. The Balaban J connectivity index is 1.84. The van der Waals surface area contributed by atoms with Gasteiger partial charge in [-0.05, 0) is 42.0 Å². The van der Waals surface area contributed by atoms with Crippen LogP contribution < -0.4 is 19.9 Å². The summed E-state index contributed by atoms with van der Waals surface area (Å²) in [4.78, 5) is 0. The molecule has 0 saturated heterocycles. The number of phenols is 1. The number of fused-ring (bicyclic) bond motifs is 1. The number of benzene rings is 2. The highest BCUT2D eigenvalue weighted by Gasteiger charge is 2.39. The minimum Gasteiger partial charge on any atom is -0.502 e. The first-order valence-corrected chi connectivity index (χ1v) is 10.3. The van der Waals surface area contributed by atoms with Gasteiger partial charge in [0.25, 0.3) is 0 Å². The summed E-state index contributed by atoms with van der Waals surface area (Å²) in [6.07, 6.45) is 1.55. The molecule has 9 nitrogen and oxygen atoms in total. The summed E-state index contributed by atoms with van der Waals surface area (Å²) in [5, 5.41) is 25.3. The van der Waals surface area contributed by atoms with E-state index in [1.165, 1.54) is 14.2 Å². The number of nitrogens with zero attached hydrogens (tertiary/aromatic N) is 3. The Morgan fingerprint density at radius 1 is 1.09 bits per heavy atom. The fourth-order valence-corrected chi connectivity index (χ4v) is 4.09. The van der Waals surface area contributed by atoms with Gasteiger partial charge in [-0.25, -0.2) is 0 Å². The molecule has 5 rings (SSSR count). The van der Waals surface area contributed by atoms with Crippen molar-refractivity contribution in [3.63, 3.8) is 0 Å². The Morgan fingerprint density at radius 3 is 2.38 bits per heavy atom. The van der Waals surface area contributed by atoms with Crippen LogP contribution in [-0.2, 0) is 0 Å². The van der Waals surface area contributed by atoms with Gasteiger partial charge in [-0.15, -0.1) is 0 Å². The van der Waals surface area contributed by atoms with Gasteiger partial charge >= 0.3 is 0 Å². The quantitative estimate of drug-likeness (QED) is 0.460. The number of nitrogens with two attached hydrogens (primary N) is 1. The number of ether oxygens (including phenoxy) is 3. The molecule has 0 amide bonds. The van der Waals surface area contributed by atoms with Crippen molar-refractivity contribution in [2.75, 3.05) is 14.2 Å². The van der Waals surface area contributed by atoms with Crippen LogP contribution in [0.5, 0.6) is 23.1 Å². The third-order valence-corrected chi connectivity index (χ3v) is 5.64. The number of nitriles is 1. The summed E-state index contributed by atoms with van der Waals surface area (Å²) < 4.78 is 24.0. The molecule has 1 aliphatic heterocycles. The lowest BCUT2D eigenvalue weighted by atomic mass is 9.83. The fourth-order valence-electron chi connectivity index (χ4n) is 4.09. The molecule has 4 aromatic rings. The molecule has 1 atom stereocenters. The van der Waals surface area contributed by atoms with E-state index in [1.807, 2.05) is 30.3 Å². The molecule has 0 bridgehead atoms. The fraction of sp³-hybridized carbons (Fsp3) is 0.120. The lowest BCUT2D eigenvalue weighted by Crippen LogP contribution is -2.22. The summed E-state index contributed by atoms with van der Waals surface area (Å²) >= 11 is 0. The van der Waals surface area contributed by atoms with E-state index in [0.29, 0.717) is 28.5 Å². The first kappa shape index (κ1) is 21.0. The molecule has 3 heterocycles. The first-order chi connectivity index (χ1) is 16.6. The third-order valence-electron chi connectivity index (χ3n) is 5.64. The zero-order valence-corrected chi connectivity index (χ0v) is 18.4. The van der Waals surface area contributed by atoms with Crippen LogP contribution in [-0.4, -0.2) is 29.1 Å². The summed E-state index contributed by atoms with van der Waals surface area (Å²) in [6, 6.07) is 18.4. The number of phenolic OH excluding ortho intramolecular Hbond substituents is 1. The Labute approximate surface area is 194 Å². The average Bonchev–Trinajstić information content (AvgIpc) is 3.52. The van der Waals surface area contributed by atoms with Gasteiger partial charge in [-0.1, -0.05) is 18.2 Å². The van der Waals surface area contributed by atoms with Crippen molar-refractivity contribution in [3.05, 3.63) is 83.4 Å². The van der Waals surface area contributed by atoms with E-state index in [1.54, 1.807) is 35.2 Å². The van der Waals surface area contributed by atoms with Crippen LogP contribution in [0.25, 0.3) is 17.1 Å². The van der Waals surface area contributed by atoms with Crippen LogP contribution in [0, 0.1) is 11.3 Å². The number of aromatic nitrogens is 2. The maximum absolute atomic E-state index is 10.4. The van der Waals surface area contributed by atoms with Crippen LogP contribution in [0.1, 0.15) is 17.0 Å². The predicted octanol–water partition coefficient (Wildman–Crippen LogP) is 4.07. The molecule has 34 heavy (non-hydrogen) atoms. The number of hydrogen-bond donors (Lipinski definition) is 2. The molecule has 170 valence electrons. The zero-order valence-electron chi connectivity index (χ0n) is 18.4. The Bertz CT molecular complexity index is 1410. The van der Waals surface area contributed by atoms with Crippen molar-refractivity contribution < 1.29 is 23.7 Å². The van der Waals surface area contributed by atoms with Crippen molar-refractivity contribution in [3.8, 4) is 46.3 Å². The summed E-state index contributed by atoms with van der Waals surface area (Å²) in [5.74, 6) is 0.327. The minimum absolute atomic E-state index is 0.0471. The van der Waals surface area contributed by atoms with Crippen LogP contribution in [0.4, 0.5) is 0 Å². The largest absolute Gasteiger partial charge is 0.502 e. The molecular formula is C25H20N4O5. The van der Waals surface area contributed by atoms with Crippen LogP contribution in [0.2, 0.25) is 0 Å². The van der Waals surface area contributed by atoms with E-state index < -0.39 is 5.92 Å². The van der Waals surface area contributed by atoms with Gasteiger partial charge in [0.1, 0.15) is 17.3 Å².